The topological polar surface area (TPSA) is 149 Å². The molecule has 0 aliphatic rings. The minimum atomic E-state index is -1.65. The first-order valence-corrected chi connectivity index (χ1v) is 6.75. The molecule has 0 unspecified atom stereocenters. The molecule has 1 rings (SSSR count). The molecule has 10 heteroatoms. The van der Waals surface area contributed by atoms with E-state index in [1.54, 1.807) is 0 Å². The molecule has 0 heterocycles. The average Bonchev–Trinajstić information content (AvgIpc) is 2.28. The Hall–Kier alpha value is -1.44. The number of rotatable bonds is 4. The summed E-state index contributed by atoms with van der Waals surface area (Å²) in [5, 5.41) is 36.2. The second-order valence-electron chi connectivity index (χ2n) is 3.35. The minimum absolute atomic E-state index is 0.446. The summed E-state index contributed by atoms with van der Waals surface area (Å²) in [4.78, 5) is 44.6. The Kier molecular flexibility index (Phi) is 4.90. The van der Waals surface area contributed by atoms with Crippen molar-refractivity contribution in [1.82, 2.24) is 0 Å². The molecule has 0 saturated carbocycles. The van der Waals surface area contributed by atoms with Gasteiger partial charge >= 0.3 is 23.9 Å². The van der Waals surface area contributed by atoms with E-state index in [-0.39, 0.29) is 0 Å². The molecule has 4 N–H and O–H groups in total. The number of aromatic carboxylic acids is 4. The molecule has 0 amide bonds. The molecular weight excluding hydrogens is 502 g/mol. The van der Waals surface area contributed by atoms with Crippen LogP contribution in [0.1, 0.15) is 41.4 Å². The average molecular weight is 506 g/mol. The molecule has 0 saturated heterocycles. The summed E-state index contributed by atoms with van der Waals surface area (Å²) >= 11 is 2.63. The van der Waals surface area contributed by atoms with E-state index in [0.29, 0.717) is 0 Å². The molecule has 0 bridgehead atoms. The molecule has 0 atom stereocenters. The summed E-state index contributed by atoms with van der Waals surface area (Å²) in [5.74, 6) is -6.60. The van der Waals surface area contributed by atoms with E-state index < -0.39 is 53.3 Å². The van der Waals surface area contributed by atoms with Crippen molar-refractivity contribution in [3.63, 3.8) is 0 Å². The minimum Gasteiger partial charge on any atom is -0.478 e. The first-order valence-electron chi connectivity index (χ1n) is 4.59. The lowest BCUT2D eigenvalue weighted by Gasteiger charge is -2.13. The highest BCUT2D eigenvalue weighted by Gasteiger charge is 2.33. The third-order valence-corrected chi connectivity index (χ3v) is 4.39. The van der Waals surface area contributed by atoms with E-state index in [1.165, 1.54) is 45.2 Å². The predicted octanol–water partition coefficient (Wildman–Crippen LogP) is 1.69. The van der Waals surface area contributed by atoms with Crippen molar-refractivity contribution in [1.29, 1.82) is 0 Å². The highest BCUT2D eigenvalue weighted by molar-refractivity contribution is 14.1. The third kappa shape index (κ3) is 2.70. The lowest BCUT2D eigenvalue weighted by Crippen LogP contribution is -2.21. The van der Waals surface area contributed by atoms with Crippen LogP contribution in [0.15, 0.2) is 0 Å². The molecule has 8 nitrogen and oxygen atoms in total. The highest BCUT2D eigenvalue weighted by Crippen LogP contribution is 2.31. The normalized spacial score (nSPS) is 10.1. The van der Waals surface area contributed by atoms with Gasteiger partial charge in [-0.1, -0.05) is 0 Å². The van der Waals surface area contributed by atoms with Crippen molar-refractivity contribution in [3.8, 4) is 0 Å². The maximum absolute atomic E-state index is 11.1. The van der Waals surface area contributed by atoms with Crippen LogP contribution in [-0.2, 0) is 0 Å². The second kappa shape index (κ2) is 5.90. The molecule has 20 heavy (non-hydrogen) atoms. The van der Waals surface area contributed by atoms with Gasteiger partial charge in [0.25, 0.3) is 0 Å². The van der Waals surface area contributed by atoms with Crippen LogP contribution in [0.2, 0.25) is 0 Å². The summed E-state index contributed by atoms with van der Waals surface area (Å²) < 4.78 is -0.893. The molecule has 106 valence electrons. The number of carboxylic acids is 4. The zero-order chi connectivity index (χ0) is 15.8. The summed E-state index contributed by atoms with van der Waals surface area (Å²) in [7, 11) is 0. The Bertz CT molecular complexity index is 554. The lowest BCUT2D eigenvalue weighted by molar-refractivity contribution is 0.0633. The van der Waals surface area contributed by atoms with Gasteiger partial charge < -0.3 is 20.4 Å². The van der Waals surface area contributed by atoms with Crippen molar-refractivity contribution in [2.24, 2.45) is 0 Å². The fourth-order valence-electron chi connectivity index (χ4n) is 1.49. The Morgan fingerprint density at radius 1 is 0.550 bits per heavy atom. The molecular formula is C10H4I2O8. The summed E-state index contributed by atoms with van der Waals surface area (Å²) in [6.07, 6.45) is 0. The van der Waals surface area contributed by atoms with E-state index in [2.05, 4.69) is 0 Å². The van der Waals surface area contributed by atoms with E-state index in [0.717, 1.165) is 0 Å². The summed E-state index contributed by atoms with van der Waals surface area (Å²) in [6, 6.07) is 0. The number of hydrogen-bond acceptors (Lipinski definition) is 4. The van der Waals surface area contributed by atoms with Crippen LogP contribution in [0.3, 0.4) is 0 Å². The monoisotopic (exact) mass is 506 g/mol. The Balaban J connectivity index is 4.10. The van der Waals surface area contributed by atoms with Gasteiger partial charge in [0.2, 0.25) is 0 Å². The van der Waals surface area contributed by atoms with Gasteiger partial charge in [0, 0.05) is 7.14 Å². The molecule has 1 aromatic rings. The third-order valence-electron chi connectivity index (χ3n) is 2.23. The van der Waals surface area contributed by atoms with Crippen molar-refractivity contribution >= 4 is 69.1 Å². The largest absolute Gasteiger partial charge is 0.478 e. The second-order valence-corrected chi connectivity index (χ2v) is 5.51. The predicted molar refractivity (Wildman–Crippen MR) is 79.7 cm³/mol. The lowest BCUT2D eigenvalue weighted by atomic mass is 9.98. The summed E-state index contributed by atoms with van der Waals surface area (Å²) in [5.41, 5.74) is -2.98. The fraction of sp³-hybridized carbons (Fsp3) is 0. The van der Waals surface area contributed by atoms with Crippen molar-refractivity contribution in [2.75, 3.05) is 0 Å². The number of carboxylic acid groups (broad SMARTS) is 4. The quantitative estimate of drug-likeness (QED) is 0.451. The molecule has 0 aliphatic carbocycles. The molecule has 0 aliphatic heterocycles. The first-order chi connectivity index (χ1) is 9.11. The number of hydrogen-bond donors (Lipinski definition) is 4. The van der Waals surface area contributed by atoms with Gasteiger partial charge in [0.15, 0.2) is 0 Å². The Morgan fingerprint density at radius 2 is 0.700 bits per heavy atom. The SMILES string of the molecule is O=C(O)c1c(I)c(C(=O)O)c(C(=O)O)c(I)c1C(=O)O. The van der Waals surface area contributed by atoms with Crippen LogP contribution in [0.4, 0.5) is 0 Å². The molecule has 0 fully saturated rings. The van der Waals surface area contributed by atoms with Gasteiger partial charge in [0.1, 0.15) is 0 Å². The highest BCUT2D eigenvalue weighted by atomic mass is 127. The van der Waals surface area contributed by atoms with Gasteiger partial charge in [0.05, 0.1) is 22.3 Å². The van der Waals surface area contributed by atoms with E-state index in [4.69, 9.17) is 20.4 Å². The van der Waals surface area contributed by atoms with Gasteiger partial charge in [-0.3, -0.25) is 0 Å². The van der Waals surface area contributed by atoms with Crippen LogP contribution < -0.4 is 0 Å². The first kappa shape index (κ1) is 16.6. The zero-order valence-electron chi connectivity index (χ0n) is 9.18. The van der Waals surface area contributed by atoms with Gasteiger partial charge in [-0.15, -0.1) is 0 Å². The van der Waals surface area contributed by atoms with Crippen LogP contribution in [-0.4, -0.2) is 44.3 Å². The van der Waals surface area contributed by atoms with Crippen molar-refractivity contribution in [2.45, 2.75) is 0 Å². The van der Waals surface area contributed by atoms with Crippen molar-refractivity contribution in [3.05, 3.63) is 29.4 Å². The fourth-order valence-corrected chi connectivity index (χ4v) is 3.49. The van der Waals surface area contributed by atoms with Crippen LogP contribution in [0.25, 0.3) is 0 Å². The molecule has 0 radical (unpaired) electrons. The van der Waals surface area contributed by atoms with E-state index in [1.807, 2.05) is 0 Å². The molecule has 1 aromatic carbocycles. The number of halogens is 2. The Morgan fingerprint density at radius 3 is 0.800 bits per heavy atom. The standard InChI is InChI=1S/C10H4I2O8/c11-5-1(7(13)14)2(8(15)16)6(12)4(10(19)20)3(5)9(17)18/h(H,13,14)(H,15,16)(H,17,18)(H,19,20). The van der Waals surface area contributed by atoms with E-state index >= 15 is 0 Å². The molecule has 0 spiro atoms. The maximum Gasteiger partial charge on any atom is 0.337 e. The Labute approximate surface area is 137 Å². The van der Waals surface area contributed by atoms with Crippen LogP contribution in [0.5, 0.6) is 0 Å². The maximum atomic E-state index is 11.1. The van der Waals surface area contributed by atoms with E-state index in [9.17, 15) is 19.2 Å². The number of benzene rings is 1. The zero-order valence-corrected chi connectivity index (χ0v) is 13.5. The summed E-state index contributed by atoms with van der Waals surface area (Å²) in [6.45, 7) is 0. The molecule has 0 aromatic heterocycles. The van der Waals surface area contributed by atoms with Crippen molar-refractivity contribution < 1.29 is 39.6 Å². The van der Waals surface area contributed by atoms with Gasteiger partial charge in [-0.05, 0) is 45.2 Å². The van der Waals surface area contributed by atoms with Crippen LogP contribution >= 0.6 is 45.2 Å². The smallest absolute Gasteiger partial charge is 0.337 e. The van der Waals surface area contributed by atoms with Gasteiger partial charge in [-0.25, -0.2) is 19.2 Å². The number of carbonyl (C=O) groups is 4. The van der Waals surface area contributed by atoms with Crippen LogP contribution in [0, 0.1) is 7.14 Å². The van der Waals surface area contributed by atoms with Gasteiger partial charge in [-0.2, -0.15) is 0 Å².